The number of rotatable bonds is 3. The quantitative estimate of drug-likeness (QED) is 0.673. The lowest BCUT2D eigenvalue weighted by Gasteiger charge is -2.35. The first kappa shape index (κ1) is 18.3. The lowest BCUT2D eigenvalue weighted by atomic mass is 10.2. The van der Waals surface area contributed by atoms with Crippen LogP contribution in [0.3, 0.4) is 0 Å². The molecule has 4 rings (SSSR count). The molecule has 0 radical (unpaired) electrons. The number of benzene rings is 1. The normalized spacial score (nSPS) is 16.2. The number of piperazine rings is 1. The van der Waals surface area contributed by atoms with Crippen LogP contribution < -0.4 is 4.90 Å². The molecule has 0 amide bonds. The highest BCUT2D eigenvalue weighted by Gasteiger charge is 2.29. The maximum atomic E-state index is 12.9. The van der Waals surface area contributed by atoms with E-state index in [1.54, 1.807) is 34.1 Å². The Balaban J connectivity index is 1.57. The van der Waals surface area contributed by atoms with Gasteiger partial charge in [-0.2, -0.15) is 4.31 Å². The van der Waals surface area contributed by atoms with Gasteiger partial charge in [-0.15, -0.1) is 11.3 Å². The zero-order chi connectivity index (χ0) is 19.2. The van der Waals surface area contributed by atoms with Gasteiger partial charge >= 0.3 is 0 Å². The van der Waals surface area contributed by atoms with E-state index >= 15 is 0 Å². The Morgan fingerprint density at radius 3 is 2.30 bits per heavy atom. The van der Waals surface area contributed by atoms with Gasteiger partial charge in [-0.1, -0.05) is 17.7 Å². The highest BCUT2D eigenvalue weighted by Crippen LogP contribution is 2.34. The summed E-state index contributed by atoms with van der Waals surface area (Å²) in [6, 6.07) is 7.04. The van der Waals surface area contributed by atoms with E-state index < -0.39 is 10.0 Å². The van der Waals surface area contributed by atoms with Gasteiger partial charge in [0.25, 0.3) is 0 Å². The Kier molecular flexibility index (Phi) is 4.65. The standard InChI is InChI=1S/C19H22N4O2S2/c1-13-4-6-16(7-5-13)27(24,25)23-10-8-22(9-11-23)18-17-14(2)15(3)26-19(17)21-12-20-18/h4-7,12H,8-11H2,1-3H3. The van der Waals surface area contributed by atoms with Crippen LogP contribution in [-0.2, 0) is 10.0 Å². The Labute approximate surface area is 163 Å². The second kappa shape index (κ2) is 6.85. The van der Waals surface area contributed by atoms with Crippen molar-refractivity contribution < 1.29 is 8.42 Å². The number of anilines is 1. The molecule has 1 saturated heterocycles. The number of hydrogen-bond donors (Lipinski definition) is 0. The van der Waals surface area contributed by atoms with Gasteiger partial charge in [-0.25, -0.2) is 18.4 Å². The first-order valence-corrected chi connectivity index (χ1v) is 11.2. The maximum absolute atomic E-state index is 12.9. The van der Waals surface area contributed by atoms with Crippen molar-refractivity contribution in [2.24, 2.45) is 0 Å². The molecule has 27 heavy (non-hydrogen) atoms. The molecular weight excluding hydrogens is 380 g/mol. The zero-order valence-corrected chi connectivity index (χ0v) is 17.3. The number of aromatic nitrogens is 2. The number of nitrogens with zero attached hydrogens (tertiary/aromatic N) is 4. The van der Waals surface area contributed by atoms with Crippen molar-refractivity contribution in [1.82, 2.24) is 14.3 Å². The topological polar surface area (TPSA) is 66.4 Å². The minimum atomic E-state index is -3.45. The second-order valence-corrected chi connectivity index (χ2v) is 10.0. The molecule has 0 N–H and O–H groups in total. The van der Waals surface area contributed by atoms with Crippen LogP contribution in [0.25, 0.3) is 10.2 Å². The number of hydrogen-bond acceptors (Lipinski definition) is 6. The Bertz CT molecular complexity index is 1080. The van der Waals surface area contributed by atoms with Gasteiger partial charge in [0.2, 0.25) is 10.0 Å². The molecule has 0 aliphatic carbocycles. The van der Waals surface area contributed by atoms with Gasteiger partial charge < -0.3 is 4.90 Å². The summed E-state index contributed by atoms with van der Waals surface area (Å²) in [4.78, 5) is 13.7. The summed E-state index contributed by atoms with van der Waals surface area (Å²) in [7, 11) is -3.45. The third kappa shape index (κ3) is 3.22. The highest BCUT2D eigenvalue weighted by atomic mass is 32.2. The number of thiophene rings is 1. The van der Waals surface area contributed by atoms with E-state index in [0.29, 0.717) is 31.1 Å². The van der Waals surface area contributed by atoms with E-state index in [1.165, 1.54) is 10.4 Å². The molecule has 3 aromatic rings. The summed E-state index contributed by atoms with van der Waals surface area (Å²) in [6.45, 7) is 8.27. The first-order chi connectivity index (χ1) is 12.9. The van der Waals surface area contributed by atoms with Crippen LogP contribution in [0.2, 0.25) is 0 Å². The van der Waals surface area contributed by atoms with E-state index in [2.05, 4.69) is 28.7 Å². The van der Waals surface area contributed by atoms with Crippen LogP contribution in [0.5, 0.6) is 0 Å². The fraction of sp³-hybridized carbons (Fsp3) is 0.368. The third-order valence-electron chi connectivity index (χ3n) is 5.14. The summed E-state index contributed by atoms with van der Waals surface area (Å²) in [5.41, 5.74) is 2.26. The van der Waals surface area contributed by atoms with Crippen LogP contribution >= 0.6 is 11.3 Å². The summed E-state index contributed by atoms with van der Waals surface area (Å²) in [5.74, 6) is 0.911. The molecule has 0 saturated carbocycles. The molecule has 0 spiro atoms. The third-order valence-corrected chi connectivity index (χ3v) is 8.17. The van der Waals surface area contributed by atoms with Crippen LogP contribution in [-0.4, -0.2) is 48.9 Å². The van der Waals surface area contributed by atoms with Crippen LogP contribution in [0.15, 0.2) is 35.5 Å². The molecule has 3 heterocycles. The Hall–Kier alpha value is -2.03. The molecule has 142 valence electrons. The monoisotopic (exact) mass is 402 g/mol. The zero-order valence-electron chi connectivity index (χ0n) is 15.6. The molecule has 1 aliphatic rings. The average Bonchev–Trinajstić information content (AvgIpc) is 2.96. The van der Waals surface area contributed by atoms with Gasteiger partial charge in [-0.3, -0.25) is 0 Å². The van der Waals surface area contributed by atoms with Crippen molar-refractivity contribution in [1.29, 1.82) is 0 Å². The fourth-order valence-corrected chi connectivity index (χ4v) is 5.82. The molecule has 1 fully saturated rings. The van der Waals surface area contributed by atoms with E-state index in [0.717, 1.165) is 21.6 Å². The Morgan fingerprint density at radius 2 is 1.63 bits per heavy atom. The predicted octanol–water partition coefficient (Wildman–Crippen LogP) is 3.13. The van der Waals surface area contributed by atoms with Crippen molar-refractivity contribution >= 4 is 37.4 Å². The van der Waals surface area contributed by atoms with Crippen LogP contribution in [0.1, 0.15) is 16.0 Å². The van der Waals surface area contributed by atoms with Gasteiger partial charge in [0.15, 0.2) is 0 Å². The largest absolute Gasteiger partial charge is 0.353 e. The lowest BCUT2D eigenvalue weighted by molar-refractivity contribution is 0.384. The van der Waals surface area contributed by atoms with Crippen LogP contribution in [0, 0.1) is 20.8 Å². The summed E-state index contributed by atoms with van der Waals surface area (Å²) in [5, 5.41) is 1.09. The van der Waals surface area contributed by atoms with Crippen molar-refractivity contribution in [2.75, 3.05) is 31.1 Å². The summed E-state index contributed by atoms with van der Waals surface area (Å²) >= 11 is 1.68. The van der Waals surface area contributed by atoms with Gasteiger partial charge in [0.1, 0.15) is 17.0 Å². The van der Waals surface area contributed by atoms with Crippen molar-refractivity contribution in [3.63, 3.8) is 0 Å². The molecule has 8 heteroatoms. The second-order valence-electron chi connectivity index (χ2n) is 6.86. The number of fused-ring (bicyclic) bond motifs is 1. The van der Waals surface area contributed by atoms with Crippen LogP contribution in [0.4, 0.5) is 5.82 Å². The minimum Gasteiger partial charge on any atom is -0.353 e. The first-order valence-electron chi connectivity index (χ1n) is 8.90. The van der Waals surface area contributed by atoms with Gasteiger partial charge in [0, 0.05) is 31.1 Å². The maximum Gasteiger partial charge on any atom is 0.243 e. The molecule has 2 aromatic heterocycles. The van der Waals surface area contributed by atoms with E-state index in [1.807, 2.05) is 19.1 Å². The molecule has 0 bridgehead atoms. The molecule has 6 nitrogen and oxygen atoms in total. The highest BCUT2D eigenvalue weighted by molar-refractivity contribution is 7.89. The summed E-state index contributed by atoms with van der Waals surface area (Å²) in [6.07, 6.45) is 1.60. The summed E-state index contributed by atoms with van der Waals surface area (Å²) < 4.78 is 27.4. The molecule has 0 unspecified atom stereocenters. The average molecular weight is 403 g/mol. The molecule has 1 aromatic carbocycles. The minimum absolute atomic E-state index is 0.357. The van der Waals surface area contributed by atoms with E-state index in [9.17, 15) is 8.42 Å². The smallest absolute Gasteiger partial charge is 0.243 e. The number of sulfonamides is 1. The number of aryl methyl sites for hydroxylation is 3. The van der Waals surface area contributed by atoms with Gasteiger partial charge in [-0.05, 0) is 38.5 Å². The predicted molar refractivity (Wildman–Crippen MR) is 109 cm³/mol. The van der Waals surface area contributed by atoms with Crippen molar-refractivity contribution in [3.05, 3.63) is 46.6 Å². The molecule has 0 atom stereocenters. The SMILES string of the molecule is Cc1ccc(S(=O)(=O)N2CCN(c3ncnc4sc(C)c(C)c34)CC2)cc1. The Morgan fingerprint density at radius 1 is 0.963 bits per heavy atom. The fourth-order valence-electron chi connectivity index (χ4n) is 3.40. The van der Waals surface area contributed by atoms with Crippen molar-refractivity contribution in [3.8, 4) is 0 Å². The lowest BCUT2D eigenvalue weighted by Crippen LogP contribution is -2.49. The molecule has 1 aliphatic heterocycles. The van der Waals surface area contributed by atoms with E-state index in [4.69, 9.17) is 0 Å². The van der Waals surface area contributed by atoms with Crippen molar-refractivity contribution in [2.45, 2.75) is 25.7 Å². The van der Waals surface area contributed by atoms with E-state index in [-0.39, 0.29) is 0 Å². The van der Waals surface area contributed by atoms with Gasteiger partial charge in [0.05, 0.1) is 10.3 Å². The molecular formula is C19H22N4O2S2.